The van der Waals surface area contributed by atoms with Crippen molar-refractivity contribution < 1.29 is 0 Å². The Morgan fingerprint density at radius 1 is 1.38 bits per heavy atom. The normalized spacial score (nSPS) is 10.8. The number of hydrazine groups is 1. The summed E-state index contributed by atoms with van der Waals surface area (Å²) in [7, 11) is 1.82. The molecule has 72 valence electrons. The van der Waals surface area contributed by atoms with Crippen LogP contribution in [-0.4, -0.2) is 18.6 Å². The number of nitrogens with zero attached hydrogens (tertiary/aromatic N) is 1. The molecule has 0 radical (unpaired) electrons. The zero-order valence-corrected chi connectivity index (χ0v) is 8.94. The first-order chi connectivity index (χ1) is 6.09. The van der Waals surface area contributed by atoms with Crippen LogP contribution in [0.4, 0.5) is 0 Å². The van der Waals surface area contributed by atoms with Crippen molar-refractivity contribution in [2.24, 2.45) is 5.84 Å². The van der Waals surface area contributed by atoms with Crippen LogP contribution in [-0.2, 0) is 6.42 Å². The molecule has 0 unspecified atom stereocenters. The van der Waals surface area contributed by atoms with E-state index in [0.717, 1.165) is 18.5 Å². The molecule has 0 aliphatic carbocycles. The lowest BCUT2D eigenvalue weighted by molar-refractivity contribution is 0.354. The van der Waals surface area contributed by atoms with E-state index in [4.69, 9.17) is 29.0 Å². The molecule has 0 saturated heterocycles. The minimum Gasteiger partial charge on any atom is -0.269 e. The van der Waals surface area contributed by atoms with Gasteiger partial charge >= 0.3 is 0 Å². The molecule has 1 aromatic carbocycles. The summed E-state index contributed by atoms with van der Waals surface area (Å²) in [6.07, 6.45) is 0.836. The highest BCUT2D eigenvalue weighted by atomic mass is 35.5. The van der Waals surface area contributed by atoms with Gasteiger partial charge in [0.25, 0.3) is 0 Å². The summed E-state index contributed by atoms with van der Waals surface area (Å²) in [5, 5.41) is 2.99. The second kappa shape index (κ2) is 4.82. The lowest BCUT2D eigenvalue weighted by atomic mass is 10.1. The molecule has 1 rings (SSSR count). The van der Waals surface area contributed by atoms with Gasteiger partial charge in [0, 0.05) is 23.6 Å². The van der Waals surface area contributed by atoms with Gasteiger partial charge in [0.05, 0.1) is 0 Å². The summed E-state index contributed by atoms with van der Waals surface area (Å²) in [5.41, 5.74) is 1.07. The second-order valence-corrected chi connectivity index (χ2v) is 3.81. The van der Waals surface area contributed by atoms with Crippen molar-refractivity contribution in [2.75, 3.05) is 13.6 Å². The van der Waals surface area contributed by atoms with Gasteiger partial charge in [-0.3, -0.25) is 5.84 Å². The minimum absolute atomic E-state index is 0.662. The zero-order valence-electron chi connectivity index (χ0n) is 7.43. The third-order valence-corrected chi connectivity index (χ3v) is 2.34. The molecule has 0 bridgehead atoms. The Hall–Kier alpha value is -0.280. The Morgan fingerprint density at radius 3 is 2.62 bits per heavy atom. The van der Waals surface area contributed by atoms with Gasteiger partial charge in [-0.05, 0) is 24.1 Å². The van der Waals surface area contributed by atoms with Crippen molar-refractivity contribution in [1.82, 2.24) is 5.01 Å². The highest BCUT2D eigenvalue weighted by molar-refractivity contribution is 6.35. The number of hydrogen-bond donors (Lipinski definition) is 1. The van der Waals surface area contributed by atoms with Crippen LogP contribution in [0.5, 0.6) is 0 Å². The van der Waals surface area contributed by atoms with E-state index in [-0.39, 0.29) is 0 Å². The van der Waals surface area contributed by atoms with Crippen LogP contribution in [0.3, 0.4) is 0 Å². The van der Waals surface area contributed by atoms with Crippen LogP contribution in [0.15, 0.2) is 18.2 Å². The first-order valence-electron chi connectivity index (χ1n) is 3.99. The minimum atomic E-state index is 0.662. The molecule has 0 fully saturated rings. The molecule has 0 spiro atoms. The maximum atomic E-state index is 5.97. The maximum absolute atomic E-state index is 5.97. The van der Waals surface area contributed by atoms with E-state index >= 15 is 0 Å². The summed E-state index contributed by atoms with van der Waals surface area (Å²) in [5.74, 6) is 5.48. The third-order valence-electron chi connectivity index (χ3n) is 1.75. The molecule has 0 aliphatic heterocycles. The van der Waals surface area contributed by atoms with Gasteiger partial charge in [0.1, 0.15) is 0 Å². The topological polar surface area (TPSA) is 29.3 Å². The average Bonchev–Trinajstić information content (AvgIpc) is 2.02. The number of benzene rings is 1. The SMILES string of the molecule is CN(N)CCc1ccc(Cl)cc1Cl. The lowest BCUT2D eigenvalue weighted by Gasteiger charge is -2.10. The molecule has 0 aliphatic rings. The van der Waals surface area contributed by atoms with Gasteiger partial charge in [-0.2, -0.15) is 0 Å². The van der Waals surface area contributed by atoms with Crippen LogP contribution in [0.2, 0.25) is 10.0 Å². The van der Waals surface area contributed by atoms with Crippen LogP contribution in [0.25, 0.3) is 0 Å². The van der Waals surface area contributed by atoms with Crippen molar-refractivity contribution >= 4 is 23.2 Å². The summed E-state index contributed by atoms with van der Waals surface area (Å²) in [6.45, 7) is 0.779. The third kappa shape index (κ3) is 3.53. The largest absolute Gasteiger partial charge is 0.269 e. The van der Waals surface area contributed by atoms with E-state index in [1.165, 1.54) is 0 Å². The van der Waals surface area contributed by atoms with Gasteiger partial charge in [0.15, 0.2) is 0 Å². The standard InChI is InChI=1S/C9H12Cl2N2/c1-13(12)5-4-7-2-3-8(10)6-9(7)11/h2-3,6H,4-5,12H2,1H3. The lowest BCUT2D eigenvalue weighted by Crippen LogP contribution is -2.28. The van der Waals surface area contributed by atoms with Gasteiger partial charge < -0.3 is 0 Å². The summed E-state index contributed by atoms with van der Waals surface area (Å²) in [6, 6.07) is 5.50. The van der Waals surface area contributed by atoms with Crippen LogP contribution in [0, 0.1) is 0 Å². The molecular formula is C9H12Cl2N2. The van der Waals surface area contributed by atoms with Crippen molar-refractivity contribution in [3.8, 4) is 0 Å². The molecule has 13 heavy (non-hydrogen) atoms. The first kappa shape index (κ1) is 10.8. The molecule has 2 N–H and O–H groups in total. The van der Waals surface area contributed by atoms with Gasteiger partial charge in [-0.15, -0.1) is 0 Å². The zero-order chi connectivity index (χ0) is 9.84. The number of likely N-dealkylation sites (N-methyl/N-ethyl adjacent to an activating group) is 1. The fourth-order valence-corrected chi connectivity index (χ4v) is 1.52. The highest BCUT2D eigenvalue weighted by Gasteiger charge is 2.01. The molecular weight excluding hydrogens is 207 g/mol. The smallest absolute Gasteiger partial charge is 0.0453 e. The number of nitrogens with two attached hydrogens (primary N) is 1. The van der Waals surface area contributed by atoms with Crippen molar-refractivity contribution in [3.05, 3.63) is 33.8 Å². The van der Waals surface area contributed by atoms with E-state index in [1.54, 1.807) is 11.1 Å². The Bertz CT molecular complexity index is 287. The Morgan fingerprint density at radius 2 is 2.08 bits per heavy atom. The Balaban J connectivity index is 2.67. The van der Waals surface area contributed by atoms with Crippen molar-refractivity contribution in [2.45, 2.75) is 6.42 Å². The second-order valence-electron chi connectivity index (χ2n) is 2.97. The highest BCUT2D eigenvalue weighted by Crippen LogP contribution is 2.21. The molecule has 0 aromatic heterocycles. The van der Waals surface area contributed by atoms with E-state index in [1.807, 2.05) is 19.2 Å². The van der Waals surface area contributed by atoms with Gasteiger partial charge in [0.2, 0.25) is 0 Å². The summed E-state index contributed by atoms with van der Waals surface area (Å²) >= 11 is 11.7. The van der Waals surface area contributed by atoms with Crippen LogP contribution < -0.4 is 5.84 Å². The van der Waals surface area contributed by atoms with E-state index in [0.29, 0.717) is 10.0 Å². The van der Waals surface area contributed by atoms with Crippen LogP contribution in [0.1, 0.15) is 5.56 Å². The summed E-state index contributed by atoms with van der Waals surface area (Å²) < 4.78 is 0. The molecule has 0 saturated carbocycles. The molecule has 1 aromatic rings. The number of hydrogen-bond acceptors (Lipinski definition) is 2. The van der Waals surface area contributed by atoms with E-state index in [9.17, 15) is 0 Å². The van der Waals surface area contributed by atoms with Crippen molar-refractivity contribution in [3.63, 3.8) is 0 Å². The molecule has 0 atom stereocenters. The number of halogens is 2. The quantitative estimate of drug-likeness (QED) is 0.624. The molecule has 2 nitrogen and oxygen atoms in total. The maximum Gasteiger partial charge on any atom is 0.0453 e. The molecule has 0 amide bonds. The van der Waals surface area contributed by atoms with Gasteiger partial charge in [-0.25, -0.2) is 5.01 Å². The molecule has 0 heterocycles. The predicted molar refractivity (Wildman–Crippen MR) is 57.0 cm³/mol. The predicted octanol–water partition coefficient (Wildman–Crippen LogP) is 2.34. The van der Waals surface area contributed by atoms with Gasteiger partial charge in [-0.1, -0.05) is 29.3 Å². The van der Waals surface area contributed by atoms with Crippen LogP contribution >= 0.6 is 23.2 Å². The Kier molecular flexibility index (Phi) is 4.00. The first-order valence-corrected chi connectivity index (χ1v) is 4.75. The summed E-state index contributed by atoms with van der Waals surface area (Å²) in [4.78, 5) is 0. The fourth-order valence-electron chi connectivity index (χ4n) is 1.02. The van der Waals surface area contributed by atoms with Crippen molar-refractivity contribution in [1.29, 1.82) is 0 Å². The average molecular weight is 219 g/mol. The Labute approximate surface area is 88.2 Å². The van der Waals surface area contributed by atoms with E-state index < -0.39 is 0 Å². The monoisotopic (exact) mass is 218 g/mol. The number of rotatable bonds is 3. The molecule has 4 heteroatoms. The van der Waals surface area contributed by atoms with E-state index in [2.05, 4.69) is 0 Å². The fraction of sp³-hybridized carbons (Fsp3) is 0.333.